The van der Waals surface area contributed by atoms with E-state index >= 15 is 0 Å². The maximum absolute atomic E-state index is 13.3. The van der Waals surface area contributed by atoms with Crippen LogP contribution in [0, 0.1) is 5.92 Å². The Hall–Kier alpha value is -2.91. The fraction of sp³-hybridized carbons (Fsp3) is 0.696. The van der Waals surface area contributed by atoms with E-state index in [1.165, 1.54) is 6.42 Å². The Morgan fingerprint density at radius 3 is 2.64 bits per heavy atom. The van der Waals surface area contributed by atoms with E-state index in [9.17, 15) is 9.59 Å². The highest BCUT2D eigenvalue weighted by atomic mass is 16.6. The molecule has 0 spiro atoms. The lowest BCUT2D eigenvalue weighted by molar-refractivity contribution is -0.137. The highest BCUT2D eigenvalue weighted by molar-refractivity contribution is 5.85. The number of amides is 2. The number of aromatic nitrogens is 4. The molecule has 5 heterocycles. The molecule has 10 heteroatoms. The van der Waals surface area contributed by atoms with Crippen molar-refractivity contribution >= 4 is 29.0 Å². The second-order valence-electron chi connectivity index (χ2n) is 9.16. The third kappa shape index (κ3) is 4.35. The SMILES string of the molecule is CCOC(=O)N1CCN(C(=O)[C@@H]2CCCN(c3ncnc4c3nc3n4CCCCC3)C2)CC1. The number of rotatable bonds is 3. The van der Waals surface area contributed by atoms with Crippen LogP contribution < -0.4 is 4.90 Å². The van der Waals surface area contributed by atoms with Crippen LogP contribution in [0.3, 0.4) is 0 Å². The molecule has 0 aromatic carbocycles. The lowest BCUT2D eigenvalue weighted by Gasteiger charge is -2.38. The summed E-state index contributed by atoms with van der Waals surface area (Å²) < 4.78 is 7.34. The van der Waals surface area contributed by atoms with Gasteiger partial charge in [-0.15, -0.1) is 0 Å². The molecule has 2 aromatic rings. The lowest BCUT2D eigenvalue weighted by Crippen LogP contribution is -2.53. The van der Waals surface area contributed by atoms with Gasteiger partial charge in [-0.05, 0) is 32.6 Å². The molecule has 1 atom stereocenters. The molecule has 2 amide bonds. The molecule has 0 radical (unpaired) electrons. The topological polar surface area (TPSA) is 96.7 Å². The lowest BCUT2D eigenvalue weighted by atomic mass is 9.96. The molecule has 33 heavy (non-hydrogen) atoms. The molecule has 3 aliphatic heterocycles. The van der Waals surface area contributed by atoms with E-state index in [1.807, 2.05) is 4.90 Å². The smallest absolute Gasteiger partial charge is 0.409 e. The van der Waals surface area contributed by atoms with Crippen LogP contribution in [-0.4, -0.2) is 87.2 Å². The van der Waals surface area contributed by atoms with Crippen molar-refractivity contribution < 1.29 is 14.3 Å². The minimum Gasteiger partial charge on any atom is -0.450 e. The van der Waals surface area contributed by atoms with E-state index in [2.05, 4.69) is 19.4 Å². The number of anilines is 1. The van der Waals surface area contributed by atoms with Crippen molar-refractivity contribution in [3.8, 4) is 0 Å². The summed E-state index contributed by atoms with van der Waals surface area (Å²) in [6, 6.07) is 0. The van der Waals surface area contributed by atoms with Gasteiger partial charge in [0.15, 0.2) is 17.0 Å². The molecule has 2 fully saturated rings. The van der Waals surface area contributed by atoms with Crippen molar-refractivity contribution in [2.45, 2.75) is 52.0 Å². The van der Waals surface area contributed by atoms with Gasteiger partial charge in [0.2, 0.25) is 5.91 Å². The first-order valence-electron chi connectivity index (χ1n) is 12.3. The van der Waals surface area contributed by atoms with Crippen molar-refractivity contribution in [1.82, 2.24) is 29.3 Å². The predicted molar refractivity (Wildman–Crippen MR) is 123 cm³/mol. The highest BCUT2D eigenvalue weighted by Gasteiger charge is 2.33. The summed E-state index contributed by atoms with van der Waals surface area (Å²) >= 11 is 0. The number of nitrogens with zero attached hydrogens (tertiary/aromatic N) is 7. The van der Waals surface area contributed by atoms with Gasteiger partial charge in [0.1, 0.15) is 12.2 Å². The largest absolute Gasteiger partial charge is 0.450 e. The number of hydrogen-bond donors (Lipinski definition) is 0. The third-order valence-corrected chi connectivity index (χ3v) is 7.06. The molecule has 3 aliphatic rings. The van der Waals surface area contributed by atoms with Crippen LogP contribution >= 0.6 is 0 Å². The number of piperidine rings is 1. The molecule has 0 N–H and O–H groups in total. The fourth-order valence-corrected chi connectivity index (χ4v) is 5.31. The average molecular weight is 456 g/mol. The highest BCUT2D eigenvalue weighted by Crippen LogP contribution is 2.30. The van der Waals surface area contributed by atoms with E-state index in [0.717, 1.165) is 68.0 Å². The van der Waals surface area contributed by atoms with Crippen LogP contribution in [0.1, 0.15) is 44.9 Å². The van der Waals surface area contributed by atoms with Crippen LogP contribution in [0.15, 0.2) is 6.33 Å². The van der Waals surface area contributed by atoms with Crippen molar-refractivity contribution in [2.24, 2.45) is 5.92 Å². The minimum atomic E-state index is -0.292. The number of aryl methyl sites for hydroxylation is 2. The molecule has 5 rings (SSSR count). The summed E-state index contributed by atoms with van der Waals surface area (Å²) in [5.41, 5.74) is 1.78. The Labute approximate surface area is 193 Å². The fourth-order valence-electron chi connectivity index (χ4n) is 5.31. The third-order valence-electron chi connectivity index (χ3n) is 7.06. The first-order chi connectivity index (χ1) is 16.2. The monoisotopic (exact) mass is 455 g/mol. The Morgan fingerprint density at radius 2 is 1.82 bits per heavy atom. The standard InChI is InChI=1S/C23H33N7O3/c1-2-33-23(32)28-13-11-27(12-14-28)22(31)17-7-6-9-29(15-17)20-19-21(25-16-24-20)30-10-5-3-4-8-18(30)26-19/h16-17H,2-15H2,1H3/t17-/m1/s1. The summed E-state index contributed by atoms with van der Waals surface area (Å²) in [4.78, 5) is 45.2. The molecular formula is C23H33N7O3. The predicted octanol–water partition coefficient (Wildman–Crippen LogP) is 2.07. The first-order valence-corrected chi connectivity index (χ1v) is 12.3. The molecule has 2 aromatic heterocycles. The van der Waals surface area contributed by atoms with Gasteiger partial charge >= 0.3 is 6.09 Å². The van der Waals surface area contributed by atoms with Crippen LogP contribution in [0.5, 0.6) is 0 Å². The Bertz CT molecular complexity index is 1010. The zero-order chi connectivity index (χ0) is 22.8. The Kier molecular flexibility index (Phi) is 6.32. The zero-order valence-electron chi connectivity index (χ0n) is 19.4. The summed E-state index contributed by atoms with van der Waals surface area (Å²) in [7, 11) is 0. The molecular weight excluding hydrogens is 422 g/mol. The van der Waals surface area contributed by atoms with Crippen molar-refractivity contribution in [2.75, 3.05) is 50.8 Å². The second-order valence-corrected chi connectivity index (χ2v) is 9.16. The van der Waals surface area contributed by atoms with Gasteiger partial charge in [-0.25, -0.2) is 19.7 Å². The summed E-state index contributed by atoms with van der Waals surface area (Å²) in [6.45, 7) is 6.80. The van der Waals surface area contributed by atoms with E-state index in [0.29, 0.717) is 39.3 Å². The quantitative estimate of drug-likeness (QED) is 0.699. The van der Waals surface area contributed by atoms with Gasteiger partial charge in [0, 0.05) is 52.2 Å². The number of hydrogen-bond acceptors (Lipinski definition) is 7. The van der Waals surface area contributed by atoms with Gasteiger partial charge in [0.25, 0.3) is 0 Å². The molecule has 0 bridgehead atoms. The van der Waals surface area contributed by atoms with Crippen LogP contribution in [-0.2, 0) is 22.5 Å². The second kappa shape index (κ2) is 9.52. The minimum absolute atomic E-state index is 0.0710. The average Bonchev–Trinajstić information content (AvgIpc) is 3.04. The zero-order valence-corrected chi connectivity index (χ0v) is 19.4. The maximum Gasteiger partial charge on any atom is 0.409 e. The Balaban J connectivity index is 1.28. The van der Waals surface area contributed by atoms with Gasteiger partial charge in [-0.2, -0.15) is 0 Å². The van der Waals surface area contributed by atoms with Crippen molar-refractivity contribution in [1.29, 1.82) is 0 Å². The van der Waals surface area contributed by atoms with E-state index in [4.69, 9.17) is 9.72 Å². The summed E-state index contributed by atoms with van der Waals surface area (Å²) in [5, 5.41) is 0. The van der Waals surface area contributed by atoms with E-state index < -0.39 is 0 Å². The summed E-state index contributed by atoms with van der Waals surface area (Å²) in [6.07, 6.45) is 7.69. The number of fused-ring (bicyclic) bond motifs is 3. The molecule has 0 unspecified atom stereocenters. The normalized spacial score (nSPS) is 21.6. The van der Waals surface area contributed by atoms with Gasteiger partial charge in [-0.1, -0.05) is 6.42 Å². The molecule has 2 saturated heterocycles. The number of carbonyl (C=O) groups excluding carboxylic acids is 2. The number of carbonyl (C=O) groups is 2. The molecule has 10 nitrogen and oxygen atoms in total. The number of piperazine rings is 1. The van der Waals surface area contributed by atoms with Gasteiger partial charge in [-0.3, -0.25) is 4.79 Å². The van der Waals surface area contributed by atoms with Crippen molar-refractivity contribution in [3.63, 3.8) is 0 Å². The Morgan fingerprint density at radius 1 is 1.00 bits per heavy atom. The van der Waals surface area contributed by atoms with Crippen LogP contribution in [0.4, 0.5) is 10.6 Å². The van der Waals surface area contributed by atoms with Crippen molar-refractivity contribution in [3.05, 3.63) is 12.2 Å². The molecule has 0 saturated carbocycles. The van der Waals surface area contributed by atoms with Gasteiger partial charge in [0.05, 0.1) is 12.5 Å². The number of imidazole rings is 1. The summed E-state index contributed by atoms with van der Waals surface area (Å²) in [5.74, 6) is 2.06. The van der Waals surface area contributed by atoms with E-state index in [1.54, 1.807) is 18.2 Å². The van der Waals surface area contributed by atoms with E-state index in [-0.39, 0.29) is 17.9 Å². The first kappa shape index (κ1) is 21.9. The van der Waals surface area contributed by atoms with Gasteiger partial charge < -0.3 is 24.0 Å². The maximum atomic E-state index is 13.3. The van der Waals surface area contributed by atoms with Crippen LogP contribution in [0.25, 0.3) is 11.2 Å². The van der Waals surface area contributed by atoms with Crippen LogP contribution in [0.2, 0.25) is 0 Å². The molecule has 178 valence electrons. The molecule has 0 aliphatic carbocycles. The number of ether oxygens (including phenoxy) is 1.